The van der Waals surface area contributed by atoms with Crippen LogP contribution in [-0.2, 0) is 4.79 Å². The summed E-state index contributed by atoms with van der Waals surface area (Å²) in [4.78, 5) is 14.2. The predicted molar refractivity (Wildman–Crippen MR) is 71.9 cm³/mol. The molecule has 17 heavy (non-hydrogen) atoms. The summed E-state index contributed by atoms with van der Waals surface area (Å²) >= 11 is 0. The molecule has 0 aromatic carbocycles. The Hall–Kier alpha value is -0.570. The minimum Gasteiger partial charge on any atom is -0.343 e. The van der Waals surface area contributed by atoms with Crippen LogP contribution in [0.4, 0.5) is 0 Å². The van der Waals surface area contributed by atoms with E-state index in [1.165, 1.54) is 0 Å². The highest BCUT2D eigenvalue weighted by Crippen LogP contribution is 2.28. The molecule has 1 atom stereocenters. The maximum absolute atomic E-state index is 12.2. The van der Waals surface area contributed by atoms with Gasteiger partial charge in [-0.25, -0.2) is 0 Å². The highest BCUT2D eigenvalue weighted by atomic mass is 16.2. The molecule has 0 aromatic heterocycles. The second kappa shape index (κ2) is 5.85. The Balaban J connectivity index is 2.46. The second-order valence-corrected chi connectivity index (χ2v) is 6.46. The lowest BCUT2D eigenvalue weighted by Gasteiger charge is -2.34. The van der Waals surface area contributed by atoms with Gasteiger partial charge in [0, 0.05) is 19.5 Å². The summed E-state index contributed by atoms with van der Waals surface area (Å²) in [6.45, 7) is 10.9. The molecule has 3 heteroatoms. The first-order valence-electron chi connectivity index (χ1n) is 6.78. The molecule has 0 aliphatic carbocycles. The number of hydrogen-bond acceptors (Lipinski definition) is 2. The standard InChI is InChI=1S/C14H28N2O/c1-11(14(2,3)4)10-13(17)16(5)12-6-8-15-9-7-12/h11-12,15H,6-10H2,1-5H3. The molecule has 1 rings (SSSR count). The molecule has 1 unspecified atom stereocenters. The van der Waals surface area contributed by atoms with Gasteiger partial charge in [-0.05, 0) is 37.3 Å². The summed E-state index contributed by atoms with van der Waals surface area (Å²) < 4.78 is 0. The summed E-state index contributed by atoms with van der Waals surface area (Å²) in [6, 6.07) is 0.441. The van der Waals surface area contributed by atoms with Gasteiger partial charge in [-0.1, -0.05) is 27.7 Å². The van der Waals surface area contributed by atoms with E-state index in [0.717, 1.165) is 25.9 Å². The summed E-state index contributed by atoms with van der Waals surface area (Å²) in [5, 5.41) is 3.34. The molecule has 1 aliphatic heterocycles. The summed E-state index contributed by atoms with van der Waals surface area (Å²) in [7, 11) is 1.97. The second-order valence-electron chi connectivity index (χ2n) is 6.46. The molecule has 1 saturated heterocycles. The molecule has 1 amide bonds. The quantitative estimate of drug-likeness (QED) is 0.821. The molecule has 1 N–H and O–H groups in total. The van der Waals surface area contributed by atoms with E-state index in [1.807, 2.05) is 11.9 Å². The third kappa shape index (κ3) is 4.30. The van der Waals surface area contributed by atoms with Crippen molar-refractivity contribution in [2.75, 3.05) is 20.1 Å². The Labute approximate surface area is 106 Å². The van der Waals surface area contributed by atoms with Gasteiger partial charge in [0.1, 0.15) is 0 Å². The van der Waals surface area contributed by atoms with E-state index in [9.17, 15) is 4.79 Å². The number of hydrogen-bond donors (Lipinski definition) is 1. The van der Waals surface area contributed by atoms with Crippen LogP contribution in [0.1, 0.15) is 47.0 Å². The smallest absolute Gasteiger partial charge is 0.222 e. The van der Waals surface area contributed by atoms with Crippen LogP contribution in [0.5, 0.6) is 0 Å². The minimum atomic E-state index is 0.213. The fourth-order valence-electron chi connectivity index (χ4n) is 2.11. The molecule has 0 saturated carbocycles. The van der Waals surface area contributed by atoms with Gasteiger partial charge in [-0.3, -0.25) is 4.79 Å². The van der Waals surface area contributed by atoms with Crippen LogP contribution in [0.2, 0.25) is 0 Å². The normalized spacial score (nSPS) is 20.1. The third-order valence-corrected chi connectivity index (χ3v) is 4.21. The van der Waals surface area contributed by atoms with Gasteiger partial charge in [-0.2, -0.15) is 0 Å². The van der Waals surface area contributed by atoms with E-state index < -0.39 is 0 Å². The Morgan fingerprint density at radius 1 is 1.35 bits per heavy atom. The van der Waals surface area contributed by atoms with Gasteiger partial charge in [0.05, 0.1) is 0 Å². The Morgan fingerprint density at radius 3 is 2.35 bits per heavy atom. The van der Waals surface area contributed by atoms with Crippen molar-refractivity contribution in [2.24, 2.45) is 11.3 Å². The zero-order valence-electron chi connectivity index (χ0n) is 12.0. The highest BCUT2D eigenvalue weighted by Gasteiger charge is 2.27. The SMILES string of the molecule is CC(CC(=O)N(C)C1CCNCC1)C(C)(C)C. The largest absolute Gasteiger partial charge is 0.343 e. The van der Waals surface area contributed by atoms with Gasteiger partial charge in [0.15, 0.2) is 0 Å². The molecular formula is C14H28N2O. The lowest BCUT2D eigenvalue weighted by atomic mass is 9.80. The molecule has 0 bridgehead atoms. The zero-order valence-corrected chi connectivity index (χ0v) is 12.0. The molecular weight excluding hydrogens is 212 g/mol. The van der Waals surface area contributed by atoms with E-state index in [4.69, 9.17) is 0 Å². The molecule has 0 spiro atoms. The van der Waals surface area contributed by atoms with Crippen molar-refractivity contribution in [3.05, 3.63) is 0 Å². The zero-order chi connectivity index (χ0) is 13.1. The van der Waals surface area contributed by atoms with Crippen LogP contribution >= 0.6 is 0 Å². The Bertz CT molecular complexity index is 251. The average Bonchev–Trinajstić information content (AvgIpc) is 2.27. The molecule has 1 heterocycles. The summed E-state index contributed by atoms with van der Waals surface area (Å²) in [5.74, 6) is 0.735. The number of nitrogens with one attached hydrogen (secondary N) is 1. The van der Waals surface area contributed by atoms with Crippen molar-refractivity contribution < 1.29 is 4.79 Å². The highest BCUT2D eigenvalue weighted by molar-refractivity contribution is 5.76. The number of rotatable bonds is 3. The van der Waals surface area contributed by atoms with Crippen LogP contribution in [0, 0.1) is 11.3 Å². The van der Waals surface area contributed by atoms with E-state index in [2.05, 4.69) is 33.0 Å². The van der Waals surface area contributed by atoms with Crippen molar-refractivity contribution in [3.8, 4) is 0 Å². The number of amides is 1. The summed E-state index contributed by atoms with van der Waals surface area (Å²) in [6.07, 6.45) is 2.85. The lowest BCUT2D eigenvalue weighted by molar-refractivity contribution is -0.134. The van der Waals surface area contributed by atoms with Gasteiger partial charge < -0.3 is 10.2 Å². The maximum atomic E-state index is 12.2. The minimum absolute atomic E-state index is 0.213. The molecule has 1 fully saturated rings. The molecule has 3 nitrogen and oxygen atoms in total. The van der Waals surface area contributed by atoms with E-state index >= 15 is 0 Å². The summed E-state index contributed by atoms with van der Waals surface area (Å²) in [5.41, 5.74) is 0.213. The predicted octanol–water partition coefficient (Wildman–Crippen LogP) is 2.27. The van der Waals surface area contributed by atoms with Gasteiger partial charge >= 0.3 is 0 Å². The van der Waals surface area contributed by atoms with Crippen LogP contribution < -0.4 is 5.32 Å². The van der Waals surface area contributed by atoms with E-state index in [-0.39, 0.29) is 5.41 Å². The first-order chi connectivity index (χ1) is 7.82. The third-order valence-electron chi connectivity index (χ3n) is 4.21. The van der Waals surface area contributed by atoms with Crippen LogP contribution in [0.25, 0.3) is 0 Å². The van der Waals surface area contributed by atoms with Gasteiger partial charge in [0.2, 0.25) is 5.91 Å². The topological polar surface area (TPSA) is 32.3 Å². The van der Waals surface area contributed by atoms with E-state index in [1.54, 1.807) is 0 Å². The molecule has 100 valence electrons. The average molecular weight is 240 g/mol. The van der Waals surface area contributed by atoms with Gasteiger partial charge in [0.25, 0.3) is 0 Å². The number of piperidine rings is 1. The van der Waals surface area contributed by atoms with Gasteiger partial charge in [-0.15, -0.1) is 0 Å². The van der Waals surface area contributed by atoms with Crippen molar-refractivity contribution in [1.29, 1.82) is 0 Å². The lowest BCUT2D eigenvalue weighted by Crippen LogP contribution is -2.44. The van der Waals surface area contributed by atoms with Crippen molar-refractivity contribution in [3.63, 3.8) is 0 Å². The van der Waals surface area contributed by atoms with E-state index in [0.29, 0.717) is 24.3 Å². The van der Waals surface area contributed by atoms with Crippen LogP contribution in [-0.4, -0.2) is 37.0 Å². The van der Waals surface area contributed by atoms with Crippen LogP contribution in [0.3, 0.4) is 0 Å². The fourth-order valence-corrected chi connectivity index (χ4v) is 2.11. The van der Waals surface area contributed by atoms with Crippen molar-refractivity contribution >= 4 is 5.91 Å². The van der Waals surface area contributed by atoms with Crippen molar-refractivity contribution in [2.45, 2.75) is 53.0 Å². The van der Waals surface area contributed by atoms with Crippen molar-refractivity contribution in [1.82, 2.24) is 10.2 Å². The first-order valence-corrected chi connectivity index (χ1v) is 6.78. The first kappa shape index (κ1) is 14.5. The Kier molecular flexibility index (Phi) is 4.99. The number of carbonyl (C=O) groups is 1. The number of carbonyl (C=O) groups excluding carboxylic acids is 1. The molecule has 1 aliphatic rings. The maximum Gasteiger partial charge on any atom is 0.222 e. The Morgan fingerprint density at radius 2 is 1.88 bits per heavy atom. The monoisotopic (exact) mass is 240 g/mol. The fraction of sp³-hybridized carbons (Fsp3) is 0.929. The molecule has 0 aromatic rings. The number of nitrogens with zero attached hydrogens (tertiary/aromatic N) is 1. The molecule has 0 radical (unpaired) electrons. The van der Waals surface area contributed by atoms with Crippen LogP contribution in [0.15, 0.2) is 0 Å².